The van der Waals surface area contributed by atoms with Crippen molar-refractivity contribution in [2.75, 3.05) is 41.0 Å². The van der Waals surface area contributed by atoms with Gasteiger partial charge in [0.25, 0.3) is 0 Å². The number of nitrogens with one attached hydrogen (secondary N) is 1. The number of rotatable bonds is 6. The number of hydrogen-bond acceptors (Lipinski definition) is 3. The van der Waals surface area contributed by atoms with Gasteiger partial charge in [0.1, 0.15) is 5.75 Å². The van der Waals surface area contributed by atoms with E-state index in [9.17, 15) is 0 Å². The van der Waals surface area contributed by atoms with Crippen LogP contribution in [0.4, 0.5) is 0 Å². The van der Waals surface area contributed by atoms with Gasteiger partial charge in [-0.1, -0.05) is 6.07 Å². The average molecular weight is 333 g/mol. The third kappa shape index (κ3) is 5.71. The minimum absolute atomic E-state index is 0.742. The molecule has 0 saturated carbocycles. The van der Waals surface area contributed by atoms with Crippen molar-refractivity contribution in [1.82, 2.24) is 10.2 Å². The lowest BCUT2D eigenvalue weighted by molar-refractivity contribution is 0.0625. The molecule has 1 aliphatic heterocycles. The molecular formula is C19H31N3O2. The van der Waals surface area contributed by atoms with Gasteiger partial charge < -0.3 is 19.7 Å². The van der Waals surface area contributed by atoms with Crippen LogP contribution in [-0.2, 0) is 11.3 Å². The van der Waals surface area contributed by atoms with Gasteiger partial charge in [-0.05, 0) is 55.4 Å². The van der Waals surface area contributed by atoms with E-state index in [1.54, 1.807) is 7.11 Å². The summed E-state index contributed by atoms with van der Waals surface area (Å²) >= 11 is 0. The van der Waals surface area contributed by atoms with Crippen LogP contribution in [0.3, 0.4) is 0 Å². The van der Waals surface area contributed by atoms with Crippen LogP contribution >= 0.6 is 0 Å². The van der Waals surface area contributed by atoms with Gasteiger partial charge in [0.05, 0.1) is 7.11 Å². The van der Waals surface area contributed by atoms with Crippen LogP contribution in [0.2, 0.25) is 0 Å². The van der Waals surface area contributed by atoms with Crippen molar-refractivity contribution < 1.29 is 9.47 Å². The fourth-order valence-electron chi connectivity index (χ4n) is 3.13. The van der Waals surface area contributed by atoms with Gasteiger partial charge in [-0.25, -0.2) is 0 Å². The molecule has 5 nitrogen and oxygen atoms in total. The highest BCUT2D eigenvalue weighted by molar-refractivity contribution is 5.79. The number of aryl methyl sites for hydroxylation is 1. The van der Waals surface area contributed by atoms with Gasteiger partial charge in [-0.3, -0.25) is 4.99 Å². The number of guanidine groups is 1. The van der Waals surface area contributed by atoms with Gasteiger partial charge in [0.2, 0.25) is 0 Å². The number of aliphatic imine (C=N–C) groups is 1. The van der Waals surface area contributed by atoms with Crippen molar-refractivity contribution in [2.45, 2.75) is 32.7 Å². The lowest BCUT2D eigenvalue weighted by Gasteiger charge is -2.27. The Labute approximate surface area is 146 Å². The van der Waals surface area contributed by atoms with Crippen molar-refractivity contribution in [3.8, 4) is 5.75 Å². The molecule has 134 valence electrons. The zero-order chi connectivity index (χ0) is 17.4. The molecule has 1 aliphatic rings. The van der Waals surface area contributed by atoms with Crippen molar-refractivity contribution in [1.29, 1.82) is 0 Å². The van der Waals surface area contributed by atoms with Gasteiger partial charge in [-0.15, -0.1) is 0 Å². The summed E-state index contributed by atoms with van der Waals surface area (Å²) in [6.07, 6.45) is 3.56. The van der Waals surface area contributed by atoms with Crippen LogP contribution in [0.25, 0.3) is 0 Å². The van der Waals surface area contributed by atoms with E-state index in [2.05, 4.69) is 41.3 Å². The maximum atomic E-state index is 5.43. The first-order valence-corrected chi connectivity index (χ1v) is 8.76. The number of nitrogens with zero attached hydrogens (tertiary/aromatic N) is 2. The molecule has 0 amide bonds. The van der Waals surface area contributed by atoms with E-state index in [0.29, 0.717) is 0 Å². The second kappa shape index (κ2) is 9.52. The van der Waals surface area contributed by atoms with E-state index in [1.165, 1.54) is 30.4 Å². The molecule has 5 heteroatoms. The molecule has 0 aliphatic carbocycles. The van der Waals surface area contributed by atoms with Gasteiger partial charge >= 0.3 is 0 Å². The van der Waals surface area contributed by atoms with E-state index in [4.69, 9.17) is 9.47 Å². The molecule has 1 saturated heterocycles. The third-order valence-electron chi connectivity index (χ3n) is 4.58. The standard InChI is InChI=1S/C19H31N3O2/c1-15-11-17(13-18(12-15)23-4)14-21-19(20-2)22(3)8-5-16-6-9-24-10-7-16/h11-13,16H,5-10,14H2,1-4H3,(H,20,21). The summed E-state index contributed by atoms with van der Waals surface area (Å²) in [7, 11) is 5.64. The molecule has 2 rings (SSSR count). The van der Waals surface area contributed by atoms with Crippen LogP contribution in [0.1, 0.15) is 30.4 Å². The summed E-state index contributed by atoms with van der Waals surface area (Å²) in [4.78, 5) is 6.62. The molecule has 1 aromatic rings. The number of methoxy groups -OCH3 is 1. The summed E-state index contributed by atoms with van der Waals surface area (Å²) in [5.41, 5.74) is 2.40. The fraction of sp³-hybridized carbons (Fsp3) is 0.632. The quantitative estimate of drug-likeness (QED) is 0.642. The van der Waals surface area contributed by atoms with E-state index >= 15 is 0 Å². The molecule has 24 heavy (non-hydrogen) atoms. The summed E-state index contributed by atoms with van der Waals surface area (Å²) in [6.45, 7) is 5.67. The lowest BCUT2D eigenvalue weighted by atomic mass is 9.96. The third-order valence-corrected chi connectivity index (χ3v) is 4.58. The Hall–Kier alpha value is -1.75. The first-order chi connectivity index (χ1) is 11.6. The van der Waals surface area contributed by atoms with Gasteiger partial charge in [0.15, 0.2) is 5.96 Å². The summed E-state index contributed by atoms with van der Waals surface area (Å²) in [5.74, 6) is 2.61. The smallest absolute Gasteiger partial charge is 0.193 e. The second-order valence-corrected chi connectivity index (χ2v) is 6.53. The van der Waals surface area contributed by atoms with Crippen molar-refractivity contribution >= 4 is 5.96 Å². The van der Waals surface area contributed by atoms with Crippen LogP contribution in [-0.4, -0.2) is 51.8 Å². The Kier molecular flexibility index (Phi) is 7.37. The molecule has 1 aromatic carbocycles. The minimum atomic E-state index is 0.742. The normalized spacial score (nSPS) is 16.1. The molecule has 0 bridgehead atoms. The SMILES string of the molecule is CN=C(NCc1cc(C)cc(OC)c1)N(C)CCC1CCOCC1. The predicted molar refractivity (Wildman–Crippen MR) is 98.7 cm³/mol. The molecule has 0 radical (unpaired) electrons. The van der Waals surface area contributed by atoms with E-state index in [-0.39, 0.29) is 0 Å². The molecule has 0 spiro atoms. The number of benzene rings is 1. The fourth-order valence-corrected chi connectivity index (χ4v) is 3.13. The largest absolute Gasteiger partial charge is 0.497 e. The molecule has 1 N–H and O–H groups in total. The Morgan fingerprint density at radius 3 is 2.75 bits per heavy atom. The first kappa shape index (κ1) is 18.6. The number of hydrogen-bond donors (Lipinski definition) is 1. The van der Waals surface area contributed by atoms with E-state index < -0.39 is 0 Å². The van der Waals surface area contributed by atoms with Crippen molar-refractivity contribution in [3.05, 3.63) is 29.3 Å². The molecule has 0 unspecified atom stereocenters. The highest BCUT2D eigenvalue weighted by Crippen LogP contribution is 2.19. The summed E-state index contributed by atoms with van der Waals surface area (Å²) in [6, 6.07) is 6.28. The highest BCUT2D eigenvalue weighted by atomic mass is 16.5. The first-order valence-electron chi connectivity index (χ1n) is 8.76. The van der Waals surface area contributed by atoms with E-state index in [0.717, 1.165) is 43.9 Å². The summed E-state index contributed by atoms with van der Waals surface area (Å²) in [5, 5.41) is 3.45. The predicted octanol–water partition coefficient (Wildman–Crippen LogP) is 2.83. The molecule has 0 atom stereocenters. The molecule has 0 aromatic heterocycles. The Balaban J connectivity index is 1.83. The zero-order valence-corrected chi connectivity index (χ0v) is 15.5. The lowest BCUT2D eigenvalue weighted by Crippen LogP contribution is -2.39. The Bertz CT molecular complexity index is 539. The van der Waals surface area contributed by atoms with Crippen molar-refractivity contribution in [3.63, 3.8) is 0 Å². The zero-order valence-electron chi connectivity index (χ0n) is 15.5. The van der Waals surface area contributed by atoms with Crippen LogP contribution in [0.15, 0.2) is 23.2 Å². The monoisotopic (exact) mass is 333 g/mol. The van der Waals surface area contributed by atoms with Crippen molar-refractivity contribution in [2.24, 2.45) is 10.9 Å². The maximum absolute atomic E-state index is 5.43. The van der Waals surface area contributed by atoms with Gasteiger partial charge in [-0.2, -0.15) is 0 Å². The van der Waals surface area contributed by atoms with Gasteiger partial charge in [0, 0.05) is 40.4 Å². The molecular weight excluding hydrogens is 302 g/mol. The van der Waals surface area contributed by atoms with Crippen LogP contribution in [0.5, 0.6) is 5.75 Å². The number of ether oxygens (including phenoxy) is 2. The Morgan fingerprint density at radius 1 is 1.33 bits per heavy atom. The second-order valence-electron chi connectivity index (χ2n) is 6.53. The molecule has 1 heterocycles. The minimum Gasteiger partial charge on any atom is -0.497 e. The average Bonchev–Trinajstić information content (AvgIpc) is 2.60. The van der Waals surface area contributed by atoms with E-state index in [1.807, 2.05) is 13.1 Å². The molecule has 1 fully saturated rings. The summed E-state index contributed by atoms with van der Waals surface area (Å²) < 4.78 is 10.8. The maximum Gasteiger partial charge on any atom is 0.193 e. The highest BCUT2D eigenvalue weighted by Gasteiger charge is 2.15. The van der Waals surface area contributed by atoms with Crippen LogP contribution < -0.4 is 10.1 Å². The van der Waals surface area contributed by atoms with Crippen LogP contribution in [0, 0.1) is 12.8 Å². The Morgan fingerprint density at radius 2 is 2.08 bits per heavy atom. The topological polar surface area (TPSA) is 46.1 Å².